The van der Waals surface area contributed by atoms with Crippen molar-refractivity contribution in [1.82, 2.24) is 9.88 Å². The van der Waals surface area contributed by atoms with E-state index in [0.717, 1.165) is 11.3 Å². The van der Waals surface area contributed by atoms with Gasteiger partial charge in [0.1, 0.15) is 5.75 Å². The first-order chi connectivity index (χ1) is 11.7. The van der Waals surface area contributed by atoms with Crippen molar-refractivity contribution in [2.75, 3.05) is 19.0 Å². The minimum Gasteiger partial charge on any atom is -0.497 e. The molecular formula is C18H19N3O3. The van der Waals surface area contributed by atoms with E-state index < -0.39 is 0 Å². The second-order valence-electron chi connectivity index (χ2n) is 5.75. The van der Waals surface area contributed by atoms with Gasteiger partial charge < -0.3 is 15.0 Å². The second-order valence-corrected chi connectivity index (χ2v) is 5.75. The van der Waals surface area contributed by atoms with E-state index in [1.807, 2.05) is 24.3 Å². The van der Waals surface area contributed by atoms with Crippen molar-refractivity contribution in [2.45, 2.75) is 13.0 Å². The predicted octanol–water partition coefficient (Wildman–Crippen LogP) is 2.08. The number of amides is 2. The summed E-state index contributed by atoms with van der Waals surface area (Å²) in [5.41, 5.74) is 1.65. The minimum absolute atomic E-state index is 0.00263. The number of nitrogens with one attached hydrogen (secondary N) is 1. The lowest BCUT2D eigenvalue weighted by molar-refractivity contribution is -0.128. The van der Waals surface area contributed by atoms with Gasteiger partial charge in [0, 0.05) is 25.7 Å². The average molecular weight is 325 g/mol. The van der Waals surface area contributed by atoms with Crippen LogP contribution in [0.15, 0.2) is 48.8 Å². The zero-order chi connectivity index (χ0) is 16.9. The van der Waals surface area contributed by atoms with Crippen molar-refractivity contribution in [3.8, 4) is 5.75 Å². The first-order valence-corrected chi connectivity index (χ1v) is 7.77. The van der Waals surface area contributed by atoms with E-state index in [1.54, 1.807) is 36.5 Å². The lowest BCUT2D eigenvalue weighted by atomic mass is 10.1. The molecule has 2 aromatic rings. The Morgan fingerprint density at radius 1 is 1.33 bits per heavy atom. The Morgan fingerprint density at radius 3 is 2.79 bits per heavy atom. The van der Waals surface area contributed by atoms with Gasteiger partial charge >= 0.3 is 0 Å². The van der Waals surface area contributed by atoms with Crippen LogP contribution in [0.3, 0.4) is 0 Å². The maximum atomic E-state index is 12.3. The number of anilines is 1. The van der Waals surface area contributed by atoms with Gasteiger partial charge in [0.2, 0.25) is 11.8 Å². The van der Waals surface area contributed by atoms with Gasteiger partial charge in [0.15, 0.2) is 0 Å². The van der Waals surface area contributed by atoms with Gasteiger partial charge in [0.05, 0.1) is 24.9 Å². The molecule has 1 aromatic carbocycles. The summed E-state index contributed by atoms with van der Waals surface area (Å²) >= 11 is 0. The number of likely N-dealkylation sites (tertiary alicyclic amines) is 1. The van der Waals surface area contributed by atoms with Gasteiger partial charge in [-0.1, -0.05) is 12.1 Å². The van der Waals surface area contributed by atoms with E-state index in [2.05, 4.69) is 10.3 Å². The van der Waals surface area contributed by atoms with E-state index in [1.165, 1.54) is 0 Å². The van der Waals surface area contributed by atoms with Crippen LogP contribution in [-0.4, -0.2) is 35.4 Å². The van der Waals surface area contributed by atoms with Crippen LogP contribution in [0.1, 0.15) is 12.0 Å². The molecule has 6 nitrogen and oxygen atoms in total. The summed E-state index contributed by atoms with van der Waals surface area (Å²) in [7, 11) is 1.62. The van der Waals surface area contributed by atoms with Crippen LogP contribution in [0.5, 0.6) is 5.75 Å². The molecule has 1 aromatic heterocycles. The summed E-state index contributed by atoms with van der Waals surface area (Å²) in [5.74, 6) is 0.293. The highest BCUT2D eigenvalue weighted by Gasteiger charge is 2.34. The average Bonchev–Trinajstić information content (AvgIpc) is 2.97. The number of hydrogen-bond donors (Lipinski definition) is 1. The molecule has 1 saturated heterocycles. The summed E-state index contributed by atoms with van der Waals surface area (Å²) in [6.45, 7) is 0.927. The Balaban J connectivity index is 1.59. The highest BCUT2D eigenvalue weighted by molar-refractivity contribution is 5.97. The molecular weight excluding hydrogens is 306 g/mol. The van der Waals surface area contributed by atoms with E-state index >= 15 is 0 Å². The largest absolute Gasteiger partial charge is 0.497 e. The molecule has 1 aliphatic heterocycles. The molecule has 0 aliphatic carbocycles. The van der Waals surface area contributed by atoms with Gasteiger partial charge in [-0.2, -0.15) is 0 Å². The number of carbonyl (C=O) groups excluding carboxylic acids is 2. The molecule has 0 spiro atoms. The first-order valence-electron chi connectivity index (χ1n) is 7.77. The number of aromatic nitrogens is 1. The number of pyridine rings is 1. The van der Waals surface area contributed by atoms with Crippen LogP contribution in [-0.2, 0) is 16.1 Å². The van der Waals surface area contributed by atoms with Crippen LogP contribution >= 0.6 is 0 Å². The van der Waals surface area contributed by atoms with E-state index in [9.17, 15) is 9.59 Å². The van der Waals surface area contributed by atoms with Gasteiger partial charge in [-0.3, -0.25) is 14.6 Å². The Bertz CT molecular complexity index is 716. The second kappa shape index (κ2) is 7.12. The van der Waals surface area contributed by atoms with Gasteiger partial charge in [-0.25, -0.2) is 0 Å². The monoisotopic (exact) mass is 325 g/mol. The van der Waals surface area contributed by atoms with Crippen LogP contribution in [0.4, 0.5) is 5.69 Å². The van der Waals surface area contributed by atoms with Gasteiger partial charge in [-0.15, -0.1) is 0 Å². The third kappa shape index (κ3) is 3.71. The Kier molecular flexibility index (Phi) is 4.74. The van der Waals surface area contributed by atoms with Crippen molar-refractivity contribution in [2.24, 2.45) is 5.92 Å². The Morgan fingerprint density at radius 2 is 2.12 bits per heavy atom. The minimum atomic E-state index is -0.337. The summed E-state index contributed by atoms with van der Waals surface area (Å²) in [5, 5.41) is 2.81. The third-order valence-corrected chi connectivity index (χ3v) is 4.05. The maximum Gasteiger partial charge on any atom is 0.229 e. The lowest BCUT2D eigenvalue weighted by Gasteiger charge is -2.17. The molecule has 1 N–H and O–H groups in total. The highest BCUT2D eigenvalue weighted by atomic mass is 16.5. The Hall–Kier alpha value is -2.89. The molecule has 24 heavy (non-hydrogen) atoms. The van der Waals surface area contributed by atoms with Crippen molar-refractivity contribution >= 4 is 17.5 Å². The van der Waals surface area contributed by atoms with Gasteiger partial charge in [0.25, 0.3) is 0 Å². The molecule has 0 bridgehead atoms. The number of hydrogen-bond acceptors (Lipinski definition) is 4. The smallest absolute Gasteiger partial charge is 0.229 e. The quantitative estimate of drug-likeness (QED) is 0.913. The number of ether oxygens (including phenoxy) is 1. The molecule has 0 radical (unpaired) electrons. The van der Waals surface area contributed by atoms with Crippen LogP contribution in [0.25, 0.3) is 0 Å². The van der Waals surface area contributed by atoms with Crippen molar-refractivity contribution < 1.29 is 14.3 Å². The fraction of sp³-hybridized carbons (Fsp3) is 0.278. The molecule has 0 unspecified atom stereocenters. The number of benzene rings is 1. The van der Waals surface area contributed by atoms with Crippen LogP contribution < -0.4 is 10.1 Å². The zero-order valence-corrected chi connectivity index (χ0v) is 13.4. The summed E-state index contributed by atoms with van der Waals surface area (Å²) in [4.78, 5) is 30.2. The van der Waals surface area contributed by atoms with Crippen molar-refractivity contribution in [3.63, 3.8) is 0 Å². The standard InChI is InChI=1S/C18H19N3O3/c1-24-16-6-4-13(5-7-16)11-21-12-14(9-17(21)22)18(23)20-15-3-2-8-19-10-15/h2-8,10,14H,9,11-12H2,1H3,(H,20,23)/t14-/m1/s1. The zero-order valence-electron chi connectivity index (χ0n) is 13.4. The molecule has 2 heterocycles. The third-order valence-electron chi connectivity index (χ3n) is 4.05. The summed E-state index contributed by atoms with van der Waals surface area (Å²) in [6.07, 6.45) is 3.47. The first kappa shape index (κ1) is 16.0. The SMILES string of the molecule is COc1ccc(CN2C[C@H](C(=O)Nc3cccnc3)CC2=O)cc1. The molecule has 6 heteroatoms. The van der Waals surface area contributed by atoms with Crippen molar-refractivity contribution in [1.29, 1.82) is 0 Å². The molecule has 2 amide bonds. The highest BCUT2D eigenvalue weighted by Crippen LogP contribution is 2.22. The fourth-order valence-corrected chi connectivity index (χ4v) is 2.73. The normalized spacial score (nSPS) is 17.0. The van der Waals surface area contributed by atoms with E-state index in [4.69, 9.17) is 4.74 Å². The molecule has 3 rings (SSSR count). The van der Waals surface area contributed by atoms with Crippen molar-refractivity contribution in [3.05, 3.63) is 54.4 Å². The van der Waals surface area contributed by atoms with Crippen LogP contribution in [0.2, 0.25) is 0 Å². The number of rotatable bonds is 5. The molecule has 1 atom stereocenters. The number of nitrogens with zero attached hydrogens (tertiary/aromatic N) is 2. The van der Waals surface area contributed by atoms with E-state index in [0.29, 0.717) is 18.8 Å². The predicted molar refractivity (Wildman–Crippen MR) is 89.4 cm³/mol. The topological polar surface area (TPSA) is 71.5 Å². The molecule has 1 fully saturated rings. The summed E-state index contributed by atoms with van der Waals surface area (Å²) < 4.78 is 5.13. The summed E-state index contributed by atoms with van der Waals surface area (Å²) in [6, 6.07) is 11.1. The number of methoxy groups -OCH3 is 1. The maximum absolute atomic E-state index is 12.3. The lowest BCUT2D eigenvalue weighted by Crippen LogP contribution is -2.28. The van der Waals surface area contributed by atoms with Crippen LogP contribution in [0, 0.1) is 5.92 Å². The van der Waals surface area contributed by atoms with Gasteiger partial charge in [-0.05, 0) is 29.8 Å². The molecule has 0 saturated carbocycles. The molecule has 124 valence electrons. The Labute approximate surface area is 140 Å². The molecule has 1 aliphatic rings. The number of carbonyl (C=O) groups is 2. The van der Waals surface area contributed by atoms with E-state index in [-0.39, 0.29) is 24.2 Å². The fourth-order valence-electron chi connectivity index (χ4n) is 2.73.